The molecule has 0 saturated carbocycles. The SMILES string of the molecule is O=[N+]([O-])c1cncc(Cl)c1OCc1cc(-c2ccc(Cl)cc2)no1. The van der Waals surface area contributed by atoms with Crippen LogP contribution in [0.3, 0.4) is 0 Å². The van der Waals surface area contributed by atoms with Crippen molar-refractivity contribution in [3.8, 4) is 17.0 Å². The van der Waals surface area contributed by atoms with Gasteiger partial charge in [0.2, 0.25) is 5.75 Å². The number of pyridine rings is 1. The van der Waals surface area contributed by atoms with Crippen molar-refractivity contribution in [3.05, 3.63) is 68.6 Å². The minimum Gasteiger partial charge on any atom is -0.477 e. The molecule has 1 aromatic carbocycles. The van der Waals surface area contributed by atoms with Gasteiger partial charge in [0, 0.05) is 22.8 Å². The Morgan fingerprint density at radius 2 is 1.96 bits per heavy atom. The predicted molar refractivity (Wildman–Crippen MR) is 87.2 cm³/mol. The molecule has 0 radical (unpaired) electrons. The minimum atomic E-state index is -0.617. The van der Waals surface area contributed by atoms with Crippen LogP contribution < -0.4 is 4.74 Å². The van der Waals surface area contributed by atoms with Crippen LogP contribution in [0.4, 0.5) is 5.69 Å². The summed E-state index contributed by atoms with van der Waals surface area (Å²) in [5, 5.41) is 15.6. The van der Waals surface area contributed by atoms with Crippen LogP contribution in [0.5, 0.6) is 5.75 Å². The average Bonchev–Trinajstić information content (AvgIpc) is 3.03. The van der Waals surface area contributed by atoms with Crippen molar-refractivity contribution in [1.82, 2.24) is 10.1 Å². The van der Waals surface area contributed by atoms with E-state index in [9.17, 15) is 10.1 Å². The quantitative estimate of drug-likeness (QED) is 0.487. The molecule has 0 spiro atoms. The Morgan fingerprint density at radius 1 is 1.21 bits per heavy atom. The van der Waals surface area contributed by atoms with Crippen LogP contribution in [0.15, 0.2) is 47.2 Å². The number of nitro groups is 1. The number of rotatable bonds is 5. The second-order valence-electron chi connectivity index (χ2n) is 4.70. The van der Waals surface area contributed by atoms with Gasteiger partial charge in [0.05, 0.1) is 4.92 Å². The molecule has 0 aliphatic heterocycles. The van der Waals surface area contributed by atoms with Gasteiger partial charge in [-0.15, -0.1) is 0 Å². The van der Waals surface area contributed by atoms with Gasteiger partial charge in [0.15, 0.2) is 5.76 Å². The van der Waals surface area contributed by atoms with Crippen LogP contribution in [0, 0.1) is 10.1 Å². The zero-order valence-corrected chi connectivity index (χ0v) is 13.5. The summed E-state index contributed by atoms with van der Waals surface area (Å²) in [5.74, 6) is 0.322. The van der Waals surface area contributed by atoms with Crippen LogP contribution in [0.25, 0.3) is 11.3 Å². The number of hydrogen-bond donors (Lipinski definition) is 0. The van der Waals surface area contributed by atoms with Crippen LogP contribution in [0.2, 0.25) is 10.0 Å². The second-order valence-corrected chi connectivity index (χ2v) is 5.54. The van der Waals surface area contributed by atoms with Crippen molar-refractivity contribution in [3.63, 3.8) is 0 Å². The topological polar surface area (TPSA) is 91.3 Å². The number of hydrogen-bond acceptors (Lipinski definition) is 6. The van der Waals surface area contributed by atoms with E-state index in [1.807, 2.05) is 0 Å². The first-order valence-corrected chi connectivity index (χ1v) is 7.42. The predicted octanol–water partition coefficient (Wildman–Crippen LogP) is 4.53. The van der Waals surface area contributed by atoms with E-state index in [1.54, 1.807) is 30.3 Å². The van der Waals surface area contributed by atoms with E-state index in [0.29, 0.717) is 16.5 Å². The van der Waals surface area contributed by atoms with Gasteiger partial charge in [-0.3, -0.25) is 15.1 Å². The van der Waals surface area contributed by atoms with Crippen molar-refractivity contribution in [1.29, 1.82) is 0 Å². The molecule has 0 atom stereocenters. The molecule has 3 rings (SSSR count). The maximum atomic E-state index is 11.0. The smallest absolute Gasteiger partial charge is 0.330 e. The standard InChI is InChI=1S/C15H9Cl2N3O4/c16-10-3-1-9(2-4-10)13-5-11(24-19-13)8-23-15-12(17)6-18-7-14(15)20(21)22/h1-7H,8H2. The largest absolute Gasteiger partial charge is 0.477 e. The molecule has 0 N–H and O–H groups in total. The molecule has 0 aliphatic rings. The Morgan fingerprint density at radius 3 is 2.67 bits per heavy atom. The number of benzene rings is 1. The summed E-state index contributed by atoms with van der Waals surface area (Å²) in [4.78, 5) is 14.0. The summed E-state index contributed by atoms with van der Waals surface area (Å²) >= 11 is 11.7. The Bertz CT molecular complexity index is 881. The highest BCUT2D eigenvalue weighted by Crippen LogP contribution is 2.34. The highest BCUT2D eigenvalue weighted by Gasteiger charge is 2.20. The lowest BCUT2D eigenvalue weighted by Gasteiger charge is -2.05. The summed E-state index contributed by atoms with van der Waals surface area (Å²) in [7, 11) is 0. The molecule has 122 valence electrons. The molecule has 0 bridgehead atoms. The molecule has 0 unspecified atom stereocenters. The molecule has 0 aliphatic carbocycles. The number of nitrogens with zero attached hydrogens (tertiary/aromatic N) is 3. The van der Waals surface area contributed by atoms with Crippen molar-refractivity contribution in [2.75, 3.05) is 0 Å². The summed E-state index contributed by atoms with van der Waals surface area (Å²) in [6.07, 6.45) is 2.34. The number of ether oxygens (including phenoxy) is 1. The lowest BCUT2D eigenvalue weighted by Crippen LogP contribution is -1.99. The molecule has 2 heterocycles. The van der Waals surface area contributed by atoms with E-state index in [0.717, 1.165) is 11.8 Å². The van der Waals surface area contributed by atoms with Gasteiger partial charge in [0.1, 0.15) is 23.5 Å². The molecule has 3 aromatic rings. The van der Waals surface area contributed by atoms with Crippen LogP contribution in [-0.4, -0.2) is 15.1 Å². The third-order valence-corrected chi connectivity index (χ3v) is 3.61. The zero-order chi connectivity index (χ0) is 17.1. The van der Waals surface area contributed by atoms with Gasteiger partial charge >= 0.3 is 5.69 Å². The minimum absolute atomic E-state index is 0.0432. The van der Waals surface area contributed by atoms with E-state index in [1.165, 1.54) is 6.20 Å². The van der Waals surface area contributed by atoms with Crippen molar-refractivity contribution in [2.45, 2.75) is 6.61 Å². The Hall–Kier alpha value is -2.64. The number of aromatic nitrogens is 2. The van der Waals surface area contributed by atoms with E-state index >= 15 is 0 Å². The second kappa shape index (κ2) is 6.86. The molecule has 0 fully saturated rings. The highest BCUT2D eigenvalue weighted by atomic mass is 35.5. The molecule has 7 nitrogen and oxygen atoms in total. The first-order chi connectivity index (χ1) is 11.5. The fourth-order valence-corrected chi connectivity index (χ4v) is 2.30. The number of halogens is 2. The van der Waals surface area contributed by atoms with Crippen LogP contribution in [-0.2, 0) is 6.61 Å². The van der Waals surface area contributed by atoms with E-state index < -0.39 is 4.92 Å². The molecular formula is C15H9Cl2N3O4. The fourth-order valence-electron chi connectivity index (χ4n) is 1.97. The summed E-state index contributed by atoms with van der Waals surface area (Å²) in [6, 6.07) is 8.75. The van der Waals surface area contributed by atoms with Gasteiger partial charge in [-0.05, 0) is 12.1 Å². The van der Waals surface area contributed by atoms with Crippen LogP contribution >= 0.6 is 23.2 Å². The maximum absolute atomic E-state index is 11.0. The third-order valence-electron chi connectivity index (χ3n) is 3.09. The maximum Gasteiger partial charge on any atom is 0.330 e. The Kier molecular flexibility index (Phi) is 4.64. The molecule has 9 heteroatoms. The van der Waals surface area contributed by atoms with Gasteiger partial charge in [0.25, 0.3) is 0 Å². The van der Waals surface area contributed by atoms with Gasteiger partial charge in [-0.2, -0.15) is 0 Å². The summed E-state index contributed by atoms with van der Waals surface area (Å²) < 4.78 is 10.6. The van der Waals surface area contributed by atoms with Gasteiger partial charge < -0.3 is 9.26 Å². The first-order valence-electron chi connectivity index (χ1n) is 6.67. The van der Waals surface area contributed by atoms with Crippen molar-refractivity contribution < 1.29 is 14.2 Å². The summed E-state index contributed by atoms with van der Waals surface area (Å²) in [5.41, 5.74) is 1.10. The molecular weight excluding hydrogens is 357 g/mol. The zero-order valence-electron chi connectivity index (χ0n) is 12.0. The van der Waals surface area contributed by atoms with E-state index in [4.69, 9.17) is 32.5 Å². The summed E-state index contributed by atoms with van der Waals surface area (Å²) in [6.45, 7) is -0.0643. The van der Waals surface area contributed by atoms with Crippen LogP contribution in [0.1, 0.15) is 5.76 Å². The highest BCUT2D eigenvalue weighted by molar-refractivity contribution is 6.32. The molecule has 0 amide bonds. The third kappa shape index (κ3) is 3.47. The molecule has 24 heavy (non-hydrogen) atoms. The van der Waals surface area contributed by atoms with Crippen molar-refractivity contribution in [2.24, 2.45) is 0 Å². The van der Waals surface area contributed by atoms with Crippen molar-refractivity contribution >= 4 is 28.9 Å². The fraction of sp³-hybridized carbons (Fsp3) is 0.0667. The average molecular weight is 366 g/mol. The lowest BCUT2D eigenvalue weighted by atomic mass is 10.1. The Balaban J connectivity index is 1.77. The lowest BCUT2D eigenvalue weighted by molar-refractivity contribution is -0.386. The Labute approximate surface area is 145 Å². The molecule has 0 saturated heterocycles. The van der Waals surface area contributed by atoms with Gasteiger partial charge in [-0.1, -0.05) is 40.5 Å². The van der Waals surface area contributed by atoms with E-state index in [2.05, 4.69) is 10.1 Å². The van der Waals surface area contributed by atoms with Gasteiger partial charge in [-0.25, -0.2) is 0 Å². The normalized spacial score (nSPS) is 10.6. The van der Waals surface area contributed by atoms with E-state index in [-0.39, 0.29) is 23.1 Å². The monoisotopic (exact) mass is 365 g/mol. The first kappa shape index (κ1) is 16.2. The molecule has 2 aromatic heterocycles.